The van der Waals surface area contributed by atoms with Crippen LogP contribution in [0.1, 0.15) is 42.5 Å². The quantitative estimate of drug-likeness (QED) is 0.638. The highest BCUT2D eigenvalue weighted by Crippen LogP contribution is 2.29. The van der Waals surface area contributed by atoms with E-state index < -0.39 is 0 Å². The van der Waals surface area contributed by atoms with Gasteiger partial charge in [0.1, 0.15) is 0 Å². The first-order chi connectivity index (χ1) is 12.7. The highest BCUT2D eigenvalue weighted by Gasteiger charge is 2.29. The molecule has 4 nitrogen and oxygen atoms in total. The van der Waals surface area contributed by atoms with E-state index in [1.54, 1.807) is 7.11 Å². The Bertz CT molecular complexity index is 718. The molecule has 1 fully saturated rings. The van der Waals surface area contributed by atoms with Crippen molar-refractivity contribution >= 4 is 5.91 Å². The molecule has 1 aliphatic rings. The van der Waals surface area contributed by atoms with Crippen molar-refractivity contribution in [1.82, 2.24) is 9.47 Å². The van der Waals surface area contributed by atoms with Crippen molar-refractivity contribution in [2.24, 2.45) is 5.92 Å². The number of ether oxygens (including phenoxy) is 1. The first-order valence-corrected chi connectivity index (χ1v) is 9.65. The maximum absolute atomic E-state index is 12.8. The van der Waals surface area contributed by atoms with Gasteiger partial charge in [-0.1, -0.05) is 30.7 Å². The Kier molecular flexibility index (Phi) is 6.51. The van der Waals surface area contributed by atoms with Gasteiger partial charge in [-0.2, -0.15) is 0 Å². The molecule has 2 aromatic rings. The van der Waals surface area contributed by atoms with Crippen LogP contribution in [0.25, 0.3) is 0 Å². The molecule has 26 heavy (non-hydrogen) atoms. The van der Waals surface area contributed by atoms with E-state index >= 15 is 0 Å². The summed E-state index contributed by atoms with van der Waals surface area (Å²) in [6.07, 6.45) is 6.27. The van der Waals surface area contributed by atoms with Gasteiger partial charge in [0.25, 0.3) is 0 Å². The number of amides is 1. The van der Waals surface area contributed by atoms with Crippen LogP contribution in [0, 0.1) is 12.8 Å². The molecule has 140 valence electrons. The average molecular weight is 354 g/mol. The molecule has 0 bridgehead atoms. The number of aryl methyl sites for hydroxylation is 1. The minimum Gasteiger partial charge on any atom is -0.385 e. The zero-order valence-corrected chi connectivity index (χ0v) is 16.0. The average Bonchev–Trinajstić information content (AvgIpc) is 3.01. The van der Waals surface area contributed by atoms with E-state index in [2.05, 4.69) is 54.1 Å². The van der Waals surface area contributed by atoms with Crippen LogP contribution in [0.3, 0.4) is 0 Å². The number of rotatable bonds is 9. The minimum absolute atomic E-state index is 0.234. The predicted octanol–water partition coefficient (Wildman–Crippen LogP) is 4.01. The van der Waals surface area contributed by atoms with Crippen LogP contribution < -0.4 is 0 Å². The fourth-order valence-electron chi connectivity index (χ4n) is 3.49. The third kappa shape index (κ3) is 4.55. The standard InChI is InChI=1S/C22H30N2O2/c1-18-8-3-4-9-20(18)16-23-13-6-12-21(23)17-24(14-7-15-26-2)22(25)19-10-5-11-19/h3-4,6,8-9,12-13,19H,5,7,10-11,14-17H2,1-2H3. The molecule has 0 N–H and O–H groups in total. The molecule has 0 unspecified atom stereocenters. The molecule has 0 radical (unpaired) electrons. The van der Waals surface area contributed by atoms with E-state index in [9.17, 15) is 4.79 Å². The largest absolute Gasteiger partial charge is 0.385 e. The molecule has 1 amide bonds. The number of benzene rings is 1. The van der Waals surface area contributed by atoms with Gasteiger partial charge in [-0.15, -0.1) is 0 Å². The lowest BCUT2D eigenvalue weighted by Gasteiger charge is -2.32. The molecule has 1 heterocycles. The molecule has 1 aliphatic carbocycles. The van der Waals surface area contributed by atoms with E-state index in [1.807, 2.05) is 4.90 Å². The second-order valence-corrected chi connectivity index (χ2v) is 7.29. The monoisotopic (exact) mass is 354 g/mol. The highest BCUT2D eigenvalue weighted by molar-refractivity contribution is 5.79. The van der Waals surface area contributed by atoms with Gasteiger partial charge in [0.05, 0.1) is 6.54 Å². The molecule has 4 heteroatoms. The fraction of sp³-hybridized carbons (Fsp3) is 0.500. The zero-order valence-electron chi connectivity index (χ0n) is 16.0. The third-order valence-corrected chi connectivity index (χ3v) is 5.42. The first-order valence-electron chi connectivity index (χ1n) is 9.65. The Morgan fingerprint density at radius 2 is 2.04 bits per heavy atom. The number of carbonyl (C=O) groups excluding carboxylic acids is 1. The maximum atomic E-state index is 12.8. The predicted molar refractivity (Wildman–Crippen MR) is 104 cm³/mol. The minimum atomic E-state index is 0.234. The second kappa shape index (κ2) is 9.04. The number of hydrogen-bond donors (Lipinski definition) is 0. The number of aromatic nitrogens is 1. The van der Waals surface area contributed by atoms with E-state index in [4.69, 9.17) is 4.74 Å². The Morgan fingerprint density at radius 3 is 2.73 bits per heavy atom. The lowest BCUT2D eigenvalue weighted by Crippen LogP contribution is -2.39. The Labute approximate surface area is 156 Å². The molecule has 0 saturated heterocycles. The summed E-state index contributed by atoms with van der Waals surface area (Å²) in [5.74, 6) is 0.549. The Hall–Kier alpha value is -2.07. The van der Waals surface area contributed by atoms with Gasteiger partial charge in [0, 0.05) is 44.6 Å². The lowest BCUT2D eigenvalue weighted by molar-refractivity contribution is -0.139. The van der Waals surface area contributed by atoms with Crippen molar-refractivity contribution in [3.8, 4) is 0 Å². The summed E-state index contributed by atoms with van der Waals surface area (Å²) >= 11 is 0. The van der Waals surface area contributed by atoms with Crippen LogP contribution in [-0.2, 0) is 22.6 Å². The number of methoxy groups -OCH3 is 1. The zero-order chi connectivity index (χ0) is 18.4. The van der Waals surface area contributed by atoms with Gasteiger partial charge in [-0.05, 0) is 49.4 Å². The van der Waals surface area contributed by atoms with Crippen molar-refractivity contribution < 1.29 is 9.53 Å². The number of hydrogen-bond acceptors (Lipinski definition) is 2. The summed E-state index contributed by atoms with van der Waals surface area (Å²) in [5, 5.41) is 0. The Balaban J connectivity index is 1.71. The molecule has 1 saturated carbocycles. The SMILES string of the molecule is COCCCN(Cc1cccn1Cc1ccccc1C)C(=O)C1CCC1. The first kappa shape index (κ1) is 18.7. The summed E-state index contributed by atoms with van der Waals surface area (Å²) in [7, 11) is 1.71. The summed E-state index contributed by atoms with van der Waals surface area (Å²) in [6.45, 7) is 5.13. The van der Waals surface area contributed by atoms with Crippen LogP contribution in [0.2, 0.25) is 0 Å². The van der Waals surface area contributed by atoms with E-state index in [0.29, 0.717) is 19.1 Å². The van der Waals surface area contributed by atoms with Crippen LogP contribution in [0.15, 0.2) is 42.6 Å². The van der Waals surface area contributed by atoms with Gasteiger partial charge in [0.2, 0.25) is 5.91 Å². The molecular weight excluding hydrogens is 324 g/mol. The number of carbonyl (C=O) groups is 1. The van der Waals surface area contributed by atoms with Gasteiger partial charge < -0.3 is 14.2 Å². The highest BCUT2D eigenvalue weighted by atomic mass is 16.5. The van der Waals surface area contributed by atoms with Crippen LogP contribution in [0.4, 0.5) is 0 Å². The van der Waals surface area contributed by atoms with Crippen LogP contribution in [0.5, 0.6) is 0 Å². The molecule has 0 atom stereocenters. The molecule has 0 aliphatic heterocycles. The molecule has 0 spiro atoms. The van der Waals surface area contributed by atoms with E-state index in [-0.39, 0.29) is 5.92 Å². The second-order valence-electron chi connectivity index (χ2n) is 7.29. The normalized spacial score (nSPS) is 14.2. The van der Waals surface area contributed by atoms with Crippen molar-refractivity contribution in [2.75, 3.05) is 20.3 Å². The van der Waals surface area contributed by atoms with Crippen molar-refractivity contribution in [2.45, 2.75) is 45.7 Å². The van der Waals surface area contributed by atoms with Gasteiger partial charge in [0.15, 0.2) is 0 Å². The van der Waals surface area contributed by atoms with Crippen molar-refractivity contribution in [3.63, 3.8) is 0 Å². The lowest BCUT2D eigenvalue weighted by atomic mass is 9.84. The topological polar surface area (TPSA) is 34.5 Å². The number of nitrogens with zero attached hydrogens (tertiary/aromatic N) is 2. The third-order valence-electron chi connectivity index (χ3n) is 5.42. The Morgan fingerprint density at radius 1 is 1.23 bits per heavy atom. The molecule has 1 aromatic heterocycles. The molecule has 1 aromatic carbocycles. The van der Waals surface area contributed by atoms with Gasteiger partial charge in [-0.25, -0.2) is 0 Å². The van der Waals surface area contributed by atoms with Gasteiger partial charge >= 0.3 is 0 Å². The van der Waals surface area contributed by atoms with Crippen molar-refractivity contribution in [1.29, 1.82) is 0 Å². The summed E-state index contributed by atoms with van der Waals surface area (Å²) in [5.41, 5.74) is 3.81. The molecular formula is C22H30N2O2. The van der Waals surface area contributed by atoms with Gasteiger partial charge in [-0.3, -0.25) is 4.79 Å². The summed E-state index contributed by atoms with van der Waals surface area (Å²) < 4.78 is 7.44. The van der Waals surface area contributed by atoms with Crippen LogP contribution in [-0.4, -0.2) is 35.6 Å². The fourth-order valence-corrected chi connectivity index (χ4v) is 3.49. The molecule has 3 rings (SSSR count). The van der Waals surface area contributed by atoms with Crippen LogP contribution >= 0.6 is 0 Å². The van der Waals surface area contributed by atoms with E-state index in [0.717, 1.165) is 32.4 Å². The van der Waals surface area contributed by atoms with Crippen molar-refractivity contribution in [3.05, 3.63) is 59.4 Å². The van der Waals surface area contributed by atoms with E-state index in [1.165, 1.54) is 23.2 Å². The summed E-state index contributed by atoms with van der Waals surface area (Å²) in [6, 6.07) is 12.7. The maximum Gasteiger partial charge on any atom is 0.226 e. The summed E-state index contributed by atoms with van der Waals surface area (Å²) in [4.78, 5) is 14.9. The smallest absolute Gasteiger partial charge is 0.226 e.